The van der Waals surface area contributed by atoms with Gasteiger partial charge in [0.25, 0.3) is 0 Å². The average molecular weight is 408 g/mol. The molecule has 0 aromatic heterocycles. The second-order valence-corrected chi connectivity index (χ2v) is 9.86. The number of nitrogens with one attached hydrogen (secondary N) is 1. The average Bonchev–Trinajstić information content (AvgIpc) is 2.87. The minimum atomic E-state index is -0.162. The molecule has 3 rings (SSSR count). The van der Waals surface area contributed by atoms with Crippen LogP contribution in [0.4, 0.5) is 0 Å². The van der Waals surface area contributed by atoms with Crippen LogP contribution in [-0.2, 0) is 19.2 Å². The molecule has 0 aromatic carbocycles. The maximum absolute atomic E-state index is 12.5. The van der Waals surface area contributed by atoms with E-state index >= 15 is 0 Å². The van der Waals surface area contributed by atoms with Gasteiger partial charge in [-0.2, -0.15) is 5.06 Å². The second kappa shape index (κ2) is 9.04. The molecule has 164 valence electrons. The number of carbonyl (C=O) groups excluding carboxylic acids is 2. The largest absolute Gasteiger partial charge is 0.469 e. The van der Waals surface area contributed by atoms with Crippen LogP contribution in [0.3, 0.4) is 0 Å². The lowest BCUT2D eigenvalue weighted by molar-refractivity contribution is -0.185. The second-order valence-electron chi connectivity index (χ2n) is 9.86. The molecule has 7 nitrogen and oxygen atoms in total. The molecule has 1 fully saturated rings. The van der Waals surface area contributed by atoms with Gasteiger partial charge in [-0.25, -0.2) is 0 Å². The van der Waals surface area contributed by atoms with Gasteiger partial charge in [-0.05, 0) is 37.2 Å². The van der Waals surface area contributed by atoms with Gasteiger partial charge in [0.15, 0.2) is 0 Å². The van der Waals surface area contributed by atoms with Gasteiger partial charge >= 0.3 is 5.97 Å². The Bertz CT molecular complexity index is 647. The number of carbonyl (C=O) groups is 2. The van der Waals surface area contributed by atoms with Crippen LogP contribution in [0.2, 0.25) is 0 Å². The van der Waals surface area contributed by atoms with Crippen molar-refractivity contribution < 1.29 is 19.2 Å². The highest BCUT2D eigenvalue weighted by molar-refractivity contribution is 5.77. The van der Waals surface area contributed by atoms with Gasteiger partial charge in [-0.15, -0.1) is 0 Å². The summed E-state index contributed by atoms with van der Waals surface area (Å²) < 4.78 is 4.96. The molecule has 1 saturated heterocycles. The van der Waals surface area contributed by atoms with Crippen LogP contribution in [0.25, 0.3) is 0 Å². The van der Waals surface area contributed by atoms with Crippen molar-refractivity contribution >= 4 is 11.9 Å². The predicted molar refractivity (Wildman–Crippen MR) is 111 cm³/mol. The summed E-state index contributed by atoms with van der Waals surface area (Å²) in [6, 6.07) is 0.411. The Balaban J connectivity index is 1.52. The van der Waals surface area contributed by atoms with E-state index in [2.05, 4.69) is 31.2 Å². The summed E-state index contributed by atoms with van der Waals surface area (Å²) in [5, 5.41) is 5.62. The molecule has 0 spiro atoms. The number of esters is 1. The van der Waals surface area contributed by atoms with Gasteiger partial charge in [0.1, 0.15) is 0 Å². The minimum Gasteiger partial charge on any atom is -0.469 e. The normalized spacial score (nSPS) is 27.1. The highest BCUT2D eigenvalue weighted by Crippen LogP contribution is 2.31. The van der Waals surface area contributed by atoms with Crippen molar-refractivity contribution in [3.63, 3.8) is 0 Å². The lowest BCUT2D eigenvalue weighted by Gasteiger charge is -2.38. The number of piperidine rings is 1. The van der Waals surface area contributed by atoms with Gasteiger partial charge < -0.3 is 15.0 Å². The monoisotopic (exact) mass is 407 g/mol. The summed E-state index contributed by atoms with van der Waals surface area (Å²) in [4.78, 5) is 32.7. The highest BCUT2D eigenvalue weighted by Gasteiger charge is 2.36. The first-order chi connectivity index (χ1) is 13.7. The summed E-state index contributed by atoms with van der Waals surface area (Å²) in [6.45, 7) is 11.3. The Hall–Kier alpha value is -1.60. The zero-order valence-electron chi connectivity index (χ0n) is 18.6. The molecule has 0 bridgehead atoms. The maximum atomic E-state index is 12.5. The fourth-order valence-corrected chi connectivity index (χ4v) is 4.58. The van der Waals surface area contributed by atoms with Gasteiger partial charge in [-0.3, -0.25) is 14.4 Å². The van der Waals surface area contributed by atoms with E-state index in [1.165, 1.54) is 18.4 Å². The Labute approximate surface area is 174 Å². The van der Waals surface area contributed by atoms with E-state index < -0.39 is 0 Å². The molecular weight excluding hydrogens is 370 g/mol. The first kappa shape index (κ1) is 22.1. The van der Waals surface area contributed by atoms with Gasteiger partial charge in [-0.1, -0.05) is 20.8 Å². The minimum absolute atomic E-state index is 0.0266. The van der Waals surface area contributed by atoms with E-state index in [9.17, 15) is 9.59 Å². The summed E-state index contributed by atoms with van der Waals surface area (Å²) in [5.41, 5.74) is 2.43. The van der Waals surface area contributed by atoms with Crippen LogP contribution in [0.5, 0.6) is 0 Å². The lowest BCUT2D eigenvalue weighted by atomic mass is 9.87. The van der Waals surface area contributed by atoms with Crippen molar-refractivity contribution in [2.45, 2.75) is 71.9 Å². The lowest BCUT2D eigenvalue weighted by Crippen LogP contribution is -2.47. The SMILES string of the molecule is COC(=O)[C@H]1CC2=C(CCN(C3CCN(C(=O)CC(C)(C)C)CC3)OC2)N[C@H]1C. The quantitative estimate of drug-likeness (QED) is 0.725. The van der Waals surface area contributed by atoms with Crippen molar-refractivity contribution in [1.29, 1.82) is 0 Å². The number of methoxy groups -OCH3 is 1. The number of hydrogen-bond donors (Lipinski definition) is 1. The summed E-state index contributed by atoms with van der Waals surface area (Å²) in [6.07, 6.45) is 4.07. The Morgan fingerprint density at radius 1 is 1.21 bits per heavy atom. The van der Waals surface area contributed by atoms with Crippen LogP contribution in [0, 0.1) is 11.3 Å². The van der Waals surface area contributed by atoms with Crippen LogP contribution in [0.1, 0.15) is 59.8 Å². The van der Waals surface area contributed by atoms with Gasteiger partial charge in [0, 0.05) is 50.3 Å². The van der Waals surface area contributed by atoms with Gasteiger partial charge in [0.05, 0.1) is 19.6 Å². The van der Waals surface area contributed by atoms with Crippen molar-refractivity contribution in [1.82, 2.24) is 15.3 Å². The first-order valence-corrected chi connectivity index (χ1v) is 10.9. The number of rotatable bonds is 3. The van der Waals surface area contributed by atoms with Crippen molar-refractivity contribution in [3.8, 4) is 0 Å². The molecule has 0 radical (unpaired) electrons. The fraction of sp³-hybridized carbons (Fsp3) is 0.818. The Kier molecular flexibility index (Phi) is 6.89. The molecule has 0 aromatic rings. The Morgan fingerprint density at radius 2 is 1.90 bits per heavy atom. The summed E-state index contributed by atoms with van der Waals surface area (Å²) in [5.74, 6) is -0.0622. The molecule has 3 aliphatic rings. The van der Waals surface area contributed by atoms with E-state index in [1.54, 1.807) is 0 Å². The third-order valence-corrected chi connectivity index (χ3v) is 6.30. The molecule has 3 aliphatic heterocycles. The number of amides is 1. The maximum Gasteiger partial charge on any atom is 0.311 e. The number of hydrogen-bond acceptors (Lipinski definition) is 6. The van der Waals surface area contributed by atoms with Crippen LogP contribution in [-0.4, -0.2) is 67.3 Å². The highest BCUT2D eigenvalue weighted by atomic mass is 16.7. The molecule has 29 heavy (non-hydrogen) atoms. The number of hydroxylamine groups is 2. The van der Waals surface area contributed by atoms with E-state index in [1.807, 2.05) is 11.8 Å². The molecular formula is C22H37N3O4. The third-order valence-electron chi connectivity index (χ3n) is 6.30. The van der Waals surface area contributed by atoms with Crippen LogP contribution >= 0.6 is 0 Å². The van der Waals surface area contributed by atoms with E-state index in [-0.39, 0.29) is 29.3 Å². The number of nitrogens with zero attached hydrogens (tertiary/aromatic N) is 2. The van der Waals surface area contributed by atoms with Crippen molar-refractivity contribution in [3.05, 3.63) is 11.3 Å². The molecule has 7 heteroatoms. The van der Waals surface area contributed by atoms with E-state index in [0.29, 0.717) is 25.5 Å². The summed E-state index contributed by atoms with van der Waals surface area (Å²) in [7, 11) is 1.45. The zero-order chi connectivity index (χ0) is 21.2. The third kappa shape index (κ3) is 5.51. The standard InChI is InChI=1S/C22H37N3O4/c1-15-18(21(27)28-5)12-16-14-29-25(11-8-19(16)23-15)17-6-9-24(10-7-17)20(26)13-22(2,3)4/h15,17-18,23H,6-14H2,1-5H3/t15-,18-/m0/s1. The molecule has 0 saturated carbocycles. The zero-order valence-corrected chi connectivity index (χ0v) is 18.6. The molecule has 1 amide bonds. The molecule has 0 aliphatic carbocycles. The van der Waals surface area contributed by atoms with Crippen LogP contribution in [0.15, 0.2) is 11.3 Å². The first-order valence-electron chi connectivity index (χ1n) is 10.9. The van der Waals surface area contributed by atoms with Crippen molar-refractivity contribution in [2.75, 3.05) is 33.4 Å². The smallest absolute Gasteiger partial charge is 0.311 e. The van der Waals surface area contributed by atoms with Crippen LogP contribution < -0.4 is 5.32 Å². The van der Waals surface area contributed by atoms with E-state index in [4.69, 9.17) is 9.57 Å². The number of likely N-dealkylation sites (tertiary alicyclic amines) is 1. The van der Waals surface area contributed by atoms with Gasteiger partial charge in [0.2, 0.25) is 5.91 Å². The summed E-state index contributed by atoms with van der Waals surface area (Å²) >= 11 is 0. The predicted octanol–water partition coefficient (Wildman–Crippen LogP) is 2.48. The van der Waals surface area contributed by atoms with E-state index in [0.717, 1.165) is 38.9 Å². The fourth-order valence-electron chi connectivity index (χ4n) is 4.58. The molecule has 3 heterocycles. The number of ether oxygens (including phenoxy) is 1. The molecule has 1 N–H and O–H groups in total. The topological polar surface area (TPSA) is 71.1 Å². The Morgan fingerprint density at radius 3 is 2.52 bits per heavy atom. The molecule has 0 unspecified atom stereocenters. The van der Waals surface area contributed by atoms with Crippen molar-refractivity contribution in [2.24, 2.45) is 11.3 Å². The molecule has 2 atom stereocenters.